The second-order valence-corrected chi connectivity index (χ2v) is 7.06. The molecule has 142 valence electrons. The molecule has 2 aromatic rings. The van der Waals surface area contributed by atoms with E-state index in [1.807, 2.05) is 19.1 Å². The van der Waals surface area contributed by atoms with Crippen LogP contribution in [0.5, 0.6) is 5.75 Å². The number of aryl methyl sites for hydroxylation is 1. The van der Waals surface area contributed by atoms with Crippen LogP contribution >= 0.6 is 0 Å². The van der Waals surface area contributed by atoms with Gasteiger partial charge >= 0.3 is 0 Å². The van der Waals surface area contributed by atoms with E-state index in [1.54, 1.807) is 13.1 Å². The van der Waals surface area contributed by atoms with Crippen molar-refractivity contribution in [1.82, 2.24) is 9.97 Å². The maximum atomic E-state index is 15.5. The lowest BCUT2D eigenvalue weighted by Gasteiger charge is -2.21. The summed E-state index contributed by atoms with van der Waals surface area (Å²) in [6.07, 6.45) is 5.17. The van der Waals surface area contributed by atoms with E-state index in [4.69, 9.17) is 10.5 Å². The Kier molecular flexibility index (Phi) is 4.70. The first-order valence-electron chi connectivity index (χ1n) is 9.28. The van der Waals surface area contributed by atoms with E-state index in [1.165, 1.54) is 0 Å². The number of ether oxygens (including phenoxy) is 1. The van der Waals surface area contributed by atoms with Crippen molar-refractivity contribution in [2.45, 2.75) is 38.6 Å². The normalized spacial score (nSPS) is 18.5. The van der Waals surface area contributed by atoms with Crippen LogP contribution in [0.1, 0.15) is 36.1 Å². The monoisotopic (exact) mass is 369 g/mol. The largest absolute Gasteiger partial charge is 0.492 e. The van der Waals surface area contributed by atoms with Crippen molar-refractivity contribution in [2.24, 2.45) is 5.73 Å². The zero-order chi connectivity index (χ0) is 19.0. The van der Waals surface area contributed by atoms with E-state index in [0.29, 0.717) is 35.4 Å². The molecule has 2 aliphatic rings. The van der Waals surface area contributed by atoms with Crippen LogP contribution in [0.3, 0.4) is 0 Å². The second-order valence-electron chi connectivity index (χ2n) is 7.06. The molecule has 0 saturated heterocycles. The average Bonchev–Trinajstić information content (AvgIpc) is 3.11. The van der Waals surface area contributed by atoms with Crippen molar-refractivity contribution in [3.63, 3.8) is 0 Å². The van der Waals surface area contributed by atoms with Gasteiger partial charge in [-0.2, -0.15) is 4.98 Å². The minimum absolute atomic E-state index is 0.146. The van der Waals surface area contributed by atoms with E-state index in [2.05, 4.69) is 20.6 Å². The fourth-order valence-electron chi connectivity index (χ4n) is 3.64. The van der Waals surface area contributed by atoms with Crippen LogP contribution in [0.15, 0.2) is 18.2 Å². The molecule has 1 aromatic heterocycles. The molecule has 1 aliphatic heterocycles. The van der Waals surface area contributed by atoms with Crippen LogP contribution in [0, 0.1) is 12.7 Å². The lowest BCUT2D eigenvalue weighted by atomic mass is 9.89. The third-order valence-electron chi connectivity index (χ3n) is 5.04. The Morgan fingerprint density at radius 2 is 2.11 bits per heavy atom. The van der Waals surface area contributed by atoms with Crippen LogP contribution in [0.2, 0.25) is 0 Å². The quantitative estimate of drug-likeness (QED) is 0.764. The van der Waals surface area contributed by atoms with Gasteiger partial charge in [0.1, 0.15) is 11.6 Å². The standard InChI is InChI=1S/C20H24FN5O/c1-11-9-16(23-2)26-20(24-11)25-15-10-13-7-8-27-19(13)17(18(15)21)12-3-5-14(22)6-4-12/h3,9-10,14H,4-8,22H2,1-2H3,(H2,23,24,25,26)/t14-/m1/s1. The molecule has 1 atom stereocenters. The van der Waals surface area contributed by atoms with Gasteiger partial charge in [-0.25, -0.2) is 9.37 Å². The van der Waals surface area contributed by atoms with Gasteiger partial charge in [0.05, 0.1) is 17.9 Å². The van der Waals surface area contributed by atoms with Crippen molar-refractivity contribution in [3.8, 4) is 5.75 Å². The zero-order valence-corrected chi connectivity index (χ0v) is 15.6. The first-order valence-corrected chi connectivity index (χ1v) is 9.28. The van der Waals surface area contributed by atoms with Crippen molar-refractivity contribution in [1.29, 1.82) is 0 Å². The highest BCUT2D eigenvalue weighted by molar-refractivity contribution is 5.78. The van der Waals surface area contributed by atoms with Crippen LogP contribution in [-0.2, 0) is 6.42 Å². The predicted molar refractivity (Wildman–Crippen MR) is 105 cm³/mol. The number of aromatic nitrogens is 2. The molecule has 0 radical (unpaired) electrons. The summed E-state index contributed by atoms with van der Waals surface area (Å²) in [5.41, 5.74) is 9.70. The number of benzene rings is 1. The third kappa shape index (κ3) is 3.47. The summed E-state index contributed by atoms with van der Waals surface area (Å²) in [4.78, 5) is 8.74. The van der Waals surface area contributed by atoms with Crippen LogP contribution < -0.4 is 21.1 Å². The number of allylic oxidation sites excluding steroid dienone is 1. The number of halogens is 1. The van der Waals surface area contributed by atoms with Gasteiger partial charge < -0.3 is 21.1 Å². The van der Waals surface area contributed by atoms with Gasteiger partial charge in [-0.15, -0.1) is 0 Å². The van der Waals surface area contributed by atoms with Crippen LogP contribution in [0.4, 0.5) is 21.8 Å². The summed E-state index contributed by atoms with van der Waals surface area (Å²) < 4.78 is 21.3. The fraction of sp³-hybridized carbons (Fsp3) is 0.400. The number of rotatable bonds is 4. The predicted octanol–water partition coefficient (Wildman–Crippen LogP) is 3.54. The summed E-state index contributed by atoms with van der Waals surface area (Å²) in [6.45, 7) is 2.45. The molecule has 0 spiro atoms. The van der Waals surface area contributed by atoms with E-state index in [0.717, 1.165) is 42.5 Å². The average molecular weight is 369 g/mol. The number of hydrogen-bond donors (Lipinski definition) is 3. The van der Waals surface area contributed by atoms with Gasteiger partial charge in [0.25, 0.3) is 0 Å². The zero-order valence-electron chi connectivity index (χ0n) is 15.6. The number of hydrogen-bond acceptors (Lipinski definition) is 6. The summed E-state index contributed by atoms with van der Waals surface area (Å²) in [7, 11) is 1.79. The molecule has 0 bridgehead atoms. The highest BCUT2D eigenvalue weighted by Gasteiger charge is 2.27. The lowest BCUT2D eigenvalue weighted by molar-refractivity contribution is 0.354. The van der Waals surface area contributed by atoms with Crippen molar-refractivity contribution in [3.05, 3.63) is 40.8 Å². The molecule has 6 nitrogen and oxygen atoms in total. The van der Waals surface area contributed by atoms with Crippen molar-refractivity contribution in [2.75, 3.05) is 24.3 Å². The maximum absolute atomic E-state index is 15.5. The smallest absolute Gasteiger partial charge is 0.229 e. The molecule has 4 N–H and O–H groups in total. The first kappa shape index (κ1) is 17.7. The highest BCUT2D eigenvalue weighted by Crippen LogP contribution is 2.42. The van der Waals surface area contributed by atoms with Crippen molar-refractivity contribution < 1.29 is 9.13 Å². The van der Waals surface area contributed by atoms with Gasteiger partial charge in [0.2, 0.25) is 5.95 Å². The SMILES string of the molecule is CNc1cc(C)nc(Nc2cc3c(c(C4=CC[C@@H](N)CC4)c2F)OCC3)n1. The molecule has 2 heterocycles. The molecular formula is C20H24FN5O. The Labute approximate surface area is 158 Å². The minimum atomic E-state index is -0.325. The Morgan fingerprint density at radius 3 is 2.85 bits per heavy atom. The van der Waals surface area contributed by atoms with Crippen LogP contribution in [-0.4, -0.2) is 29.7 Å². The molecule has 1 aromatic carbocycles. The van der Waals surface area contributed by atoms with Gasteiger partial charge in [0, 0.05) is 36.8 Å². The van der Waals surface area contributed by atoms with E-state index < -0.39 is 0 Å². The van der Waals surface area contributed by atoms with Gasteiger partial charge in [-0.05, 0) is 37.8 Å². The number of nitrogens with two attached hydrogens (primary N) is 1. The summed E-state index contributed by atoms with van der Waals surface area (Å²) >= 11 is 0. The molecule has 27 heavy (non-hydrogen) atoms. The number of anilines is 3. The second kappa shape index (κ2) is 7.15. The molecular weight excluding hydrogens is 345 g/mol. The summed E-state index contributed by atoms with van der Waals surface area (Å²) in [5.74, 6) is 1.39. The van der Waals surface area contributed by atoms with Gasteiger partial charge in [0.15, 0.2) is 5.82 Å². The Hall–Kier alpha value is -2.67. The van der Waals surface area contributed by atoms with Crippen molar-refractivity contribution >= 4 is 23.0 Å². The minimum Gasteiger partial charge on any atom is -0.492 e. The van der Waals surface area contributed by atoms with E-state index in [9.17, 15) is 0 Å². The van der Waals surface area contributed by atoms with Crippen LogP contribution in [0.25, 0.3) is 5.57 Å². The Balaban J connectivity index is 1.76. The first-order chi connectivity index (χ1) is 13.0. The molecule has 0 amide bonds. The fourth-order valence-corrected chi connectivity index (χ4v) is 3.64. The lowest BCUT2D eigenvalue weighted by Crippen LogP contribution is -2.21. The van der Waals surface area contributed by atoms with Gasteiger partial charge in [-0.3, -0.25) is 0 Å². The number of nitrogens with zero attached hydrogens (tertiary/aromatic N) is 2. The van der Waals surface area contributed by atoms with E-state index in [-0.39, 0.29) is 11.9 Å². The maximum Gasteiger partial charge on any atom is 0.229 e. The number of fused-ring (bicyclic) bond motifs is 1. The molecule has 4 rings (SSSR count). The molecule has 7 heteroatoms. The summed E-state index contributed by atoms with van der Waals surface area (Å²) in [5, 5.41) is 6.05. The molecule has 0 saturated carbocycles. The summed E-state index contributed by atoms with van der Waals surface area (Å²) in [6, 6.07) is 3.79. The highest BCUT2D eigenvalue weighted by atomic mass is 19.1. The number of nitrogens with one attached hydrogen (secondary N) is 2. The Morgan fingerprint density at radius 1 is 1.26 bits per heavy atom. The molecule has 0 fully saturated rings. The topological polar surface area (TPSA) is 85.1 Å². The molecule has 0 unspecified atom stereocenters. The Bertz CT molecular complexity index is 912. The molecule has 1 aliphatic carbocycles. The third-order valence-corrected chi connectivity index (χ3v) is 5.04. The van der Waals surface area contributed by atoms with Gasteiger partial charge in [-0.1, -0.05) is 6.08 Å². The van der Waals surface area contributed by atoms with E-state index >= 15 is 4.39 Å².